The molecular formula is C15H13N3O. The summed E-state index contributed by atoms with van der Waals surface area (Å²) in [6, 6.07) is 17.3. The molecule has 0 aliphatic rings. The fourth-order valence-corrected chi connectivity index (χ4v) is 1.97. The molecule has 2 aromatic rings. The molecule has 0 unspecified atom stereocenters. The van der Waals surface area contributed by atoms with Gasteiger partial charge >= 0.3 is 0 Å². The van der Waals surface area contributed by atoms with Gasteiger partial charge in [-0.15, -0.1) is 0 Å². The molecule has 0 aromatic heterocycles. The van der Waals surface area contributed by atoms with Gasteiger partial charge < -0.3 is 0 Å². The monoisotopic (exact) mass is 251 g/mol. The van der Waals surface area contributed by atoms with Crippen LogP contribution in [0.1, 0.15) is 21.5 Å². The summed E-state index contributed by atoms with van der Waals surface area (Å²) in [5.74, 6) is -0.522. The van der Waals surface area contributed by atoms with Crippen molar-refractivity contribution in [1.29, 1.82) is 0 Å². The molecule has 0 atom stereocenters. The summed E-state index contributed by atoms with van der Waals surface area (Å²) in [7, 11) is 0. The Hall–Kier alpha value is -2.58. The van der Waals surface area contributed by atoms with Crippen LogP contribution >= 0.6 is 0 Å². The molecular weight excluding hydrogens is 238 g/mol. The van der Waals surface area contributed by atoms with Gasteiger partial charge in [-0.05, 0) is 34.6 Å². The van der Waals surface area contributed by atoms with Crippen LogP contribution < -0.4 is 0 Å². The Bertz CT molecular complexity index is 616. The van der Waals surface area contributed by atoms with E-state index < -0.39 is 5.91 Å². The van der Waals surface area contributed by atoms with Gasteiger partial charge in [0.05, 0.1) is 0 Å². The van der Waals surface area contributed by atoms with Gasteiger partial charge in [-0.1, -0.05) is 54.6 Å². The third-order valence-electron chi connectivity index (χ3n) is 2.91. The second-order valence-electron chi connectivity index (χ2n) is 4.14. The lowest BCUT2D eigenvalue weighted by atomic mass is 9.99. The highest BCUT2D eigenvalue weighted by molar-refractivity contribution is 5.96. The van der Waals surface area contributed by atoms with E-state index in [1.165, 1.54) is 5.56 Å². The summed E-state index contributed by atoms with van der Waals surface area (Å²) in [6.07, 6.45) is 1.59. The molecule has 0 spiro atoms. The Morgan fingerprint density at radius 3 is 2.42 bits per heavy atom. The number of hydrogen-bond acceptors (Lipinski definition) is 1. The highest BCUT2D eigenvalue weighted by Gasteiger charge is 2.08. The maximum Gasteiger partial charge on any atom is 0.249 e. The molecule has 0 saturated heterocycles. The molecule has 4 heteroatoms. The van der Waals surface area contributed by atoms with Gasteiger partial charge in [0.2, 0.25) is 5.91 Å². The first-order valence-electron chi connectivity index (χ1n) is 6.02. The van der Waals surface area contributed by atoms with Crippen molar-refractivity contribution in [3.63, 3.8) is 0 Å². The van der Waals surface area contributed by atoms with E-state index in [-0.39, 0.29) is 0 Å². The molecule has 0 saturated carbocycles. The smallest absolute Gasteiger partial charge is 0.249 e. The van der Waals surface area contributed by atoms with E-state index in [1.54, 1.807) is 12.1 Å². The van der Waals surface area contributed by atoms with Gasteiger partial charge in [0, 0.05) is 10.5 Å². The zero-order valence-corrected chi connectivity index (χ0v) is 10.4. The quantitative estimate of drug-likeness (QED) is 0.461. The molecule has 0 aliphatic carbocycles. The lowest BCUT2D eigenvalue weighted by Gasteiger charge is -2.06. The van der Waals surface area contributed by atoms with E-state index >= 15 is 0 Å². The van der Waals surface area contributed by atoms with Crippen molar-refractivity contribution in [3.8, 4) is 0 Å². The largest absolute Gasteiger partial charge is 0.287 e. The molecule has 0 bridgehead atoms. The molecule has 4 nitrogen and oxygen atoms in total. The Kier molecular flexibility index (Phi) is 4.32. The van der Waals surface area contributed by atoms with Crippen molar-refractivity contribution in [2.45, 2.75) is 12.8 Å². The van der Waals surface area contributed by atoms with Gasteiger partial charge in [-0.25, -0.2) is 0 Å². The minimum atomic E-state index is -0.522. The Morgan fingerprint density at radius 1 is 1.00 bits per heavy atom. The predicted octanol–water partition coefficient (Wildman–Crippen LogP) is 3.92. The second kappa shape index (κ2) is 6.38. The van der Waals surface area contributed by atoms with E-state index in [0.29, 0.717) is 5.56 Å². The van der Waals surface area contributed by atoms with Gasteiger partial charge in [0.15, 0.2) is 0 Å². The van der Waals surface area contributed by atoms with Crippen LogP contribution in [0.5, 0.6) is 0 Å². The minimum Gasteiger partial charge on any atom is -0.287 e. The van der Waals surface area contributed by atoms with Gasteiger partial charge in [0.25, 0.3) is 0 Å². The first kappa shape index (κ1) is 12.9. The van der Waals surface area contributed by atoms with Gasteiger partial charge in [0.1, 0.15) is 0 Å². The number of nitrogens with zero attached hydrogens (tertiary/aromatic N) is 3. The predicted molar refractivity (Wildman–Crippen MR) is 73.8 cm³/mol. The van der Waals surface area contributed by atoms with Crippen molar-refractivity contribution in [2.75, 3.05) is 0 Å². The summed E-state index contributed by atoms with van der Waals surface area (Å²) in [4.78, 5) is 14.2. The normalized spacial score (nSPS) is 9.68. The molecule has 0 N–H and O–H groups in total. The molecule has 1 amide bonds. The Balaban J connectivity index is 2.16. The Labute approximate surface area is 111 Å². The summed E-state index contributed by atoms with van der Waals surface area (Å²) in [6.45, 7) is 0. The number of rotatable bonds is 4. The van der Waals surface area contributed by atoms with Crippen molar-refractivity contribution in [2.24, 2.45) is 5.11 Å². The number of carbonyl (C=O) groups is 1. The zero-order chi connectivity index (χ0) is 13.5. The molecule has 0 aliphatic heterocycles. The van der Waals surface area contributed by atoms with Crippen molar-refractivity contribution >= 4 is 5.91 Å². The number of hydrogen-bond donors (Lipinski definition) is 0. The number of amides is 1. The van der Waals surface area contributed by atoms with E-state index in [1.807, 2.05) is 30.3 Å². The fraction of sp³-hybridized carbons (Fsp3) is 0.133. The molecule has 0 radical (unpaired) electrons. The fourth-order valence-electron chi connectivity index (χ4n) is 1.97. The summed E-state index contributed by atoms with van der Waals surface area (Å²) in [5.41, 5.74) is 10.9. The molecule has 2 aromatic carbocycles. The molecule has 0 heterocycles. The van der Waals surface area contributed by atoms with E-state index in [9.17, 15) is 4.79 Å². The molecule has 2 rings (SSSR count). The van der Waals surface area contributed by atoms with E-state index in [2.05, 4.69) is 22.2 Å². The van der Waals surface area contributed by atoms with Crippen molar-refractivity contribution in [3.05, 3.63) is 81.7 Å². The standard InChI is InChI=1S/C15H13N3O/c16-18-17-15(19)14-9-5-4-8-13(14)11-10-12-6-2-1-3-7-12/h1-9H,10-11H2. The van der Waals surface area contributed by atoms with E-state index in [4.69, 9.17) is 5.53 Å². The first-order chi connectivity index (χ1) is 9.31. The molecule has 0 fully saturated rings. The summed E-state index contributed by atoms with van der Waals surface area (Å²) >= 11 is 0. The SMILES string of the molecule is [N-]=[N+]=NC(=O)c1ccccc1CCc1ccccc1. The maximum absolute atomic E-state index is 11.7. The number of carbonyl (C=O) groups excluding carboxylic acids is 1. The van der Waals surface area contributed by atoms with E-state index in [0.717, 1.165) is 18.4 Å². The third-order valence-corrected chi connectivity index (χ3v) is 2.91. The van der Waals surface area contributed by atoms with Crippen LogP contribution in [0, 0.1) is 0 Å². The van der Waals surface area contributed by atoms with Crippen molar-refractivity contribution in [1.82, 2.24) is 0 Å². The average molecular weight is 251 g/mol. The van der Waals surface area contributed by atoms with Crippen LogP contribution in [0.2, 0.25) is 0 Å². The summed E-state index contributed by atoms with van der Waals surface area (Å²) in [5, 5.41) is 3.15. The second-order valence-corrected chi connectivity index (χ2v) is 4.14. The molecule has 19 heavy (non-hydrogen) atoms. The average Bonchev–Trinajstić information content (AvgIpc) is 2.47. The highest BCUT2D eigenvalue weighted by atomic mass is 16.1. The number of aryl methyl sites for hydroxylation is 2. The number of benzene rings is 2. The Morgan fingerprint density at radius 2 is 1.68 bits per heavy atom. The topological polar surface area (TPSA) is 65.8 Å². The van der Waals surface area contributed by atoms with Crippen molar-refractivity contribution < 1.29 is 4.79 Å². The zero-order valence-electron chi connectivity index (χ0n) is 10.4. The maximum atomic E-state index is 11.7. The summed E-state index contributed by atoms with van der Waals surface area (Å²) < 4.78 is 0. The van der Waals surface area contributed by atoms with Crippen LogP contribution in [0.4, 0.5) is 0 Å². The lowest BCUT2D eigenvalue weighted by molar-refractivity contribution is 0.0999. The van der Waals surface area contributed by atoms with Crippen LogP contribution in [0.3, 0.4) is 0 Å². The van der Waals surface area contributed by atoms with Crippen LogP contribution in [-0.2, 0) is 12.8 Å². The van der Waals surface area contributed by atoms with Crippen LogP contribution in [0.25, 0.3) is 10.4 Å². The minimum absolute atomic E-state index is 0.483. The van der Waals surface area contributed by atoms with Gasteiger partial charge in [-0.2, -0.15) is 0 Å². The van der Waals surface area contributed by atoms with Crippen LogP contribution in [0.15, 0.2) is 59.7 Å². The number of azide groups is 1. The molecule has 94 valence electrons. The highest BCUT2D eigenvalue weighted by Crippen LogP contribution is 2.14. The van der Waals surface area contributed by atoms with Crippen LogP contribution in [-0.4, -0.2) is 5.91 Å². The first-order valence-corrected chi connectivity index (χ1v) is 6.02. The third kappa shape index (κ3) is 3.44. The lowest BCUT2D eigenvalue weighted by Crippen LogP contribution is -2.01. The van der Waals surface area contributed by atoms with Gasteiger partial charge in [-0.3, -0.25) is 4.79 Å².